The molecule has 0 saturated carbocycles. The van der Waals surface area contributed by atoms with Crippen molar-refractivity contribution in [3.63, 3.8) is 0 Å². The number of halogens is 4. The van der Waals surface area contributed by atoms with E-state index in [1.54, 1.807) is 0 Å². The molecule has 1 amide bonds. The second kappa shape index (κ2) is 9.47. The largest absolute Gasteiger partial charge is 0.482 e. The molecule has 0 fully saturated rings. The average Bonchev–Trinajstić information content (AvgIpc) is 2.65. The fraction of sp³-hybridized carbons (Fsp3) is 0.278. The molecule has 0 bridgehead atoms. The topological polar surface area (TPSA) is 84.5 Å². The van der Waals surface area contributed by atoms with Gasteiger partial charge in [-0.05, 0) is 42.8 Å². The summed E-state index contributed by atoms with van der Waals surface area (Å²) < 4.78 is 69.9. The van der Waals surface area contributed by atoms with Gasteiger partial charge in [-0.15, -0.1) is 0 Å². The molecule has 6 nitrogen and oxygen atoms in total. The maximum Gasteiger partial charge on any atom is 0.416 e. The summed E-state index contributed by atoms with van der Waals surface area (Å²) in [5.74, 6) is -0.651. The first-order chi connectivity index (χ1) is 13.5. The smallest absolute Gasteiger partial charge is 0.416 e. The van der Waals surface area contributed by atoms with E-state index in [1.807, 2.05) is 6.92 Å². The number of alkyl halides is 3. The van der Waals surface area contributed by atoms with E-state index in [4.69, 9.17) is 16.3 Å². The average molecular weight is 451 g/mol. The molecule has 11 heteroatoms. The highest BCUT2D eigenvalue weighted by Crippen LogP contribution is 2.31. The van der Waals surface area contributed by atoms with Gasteiger partial charge < -0.3 is 10.1 Å². The van der Waals surface area contributed by atoms with Crippen molar-refractivity contribution in [3.8, 4) is 5.75 Å². The van der Waals surface area contributed by atoms with Gasteiger partial charge in [-0.1, -0.05) is 24.6 Å². The molecular weight excluding hydrogens is 433 g/mol. The van der Waals surface area contributed by atoms with Gasteiger partial charge in [0.05, 0.1) is 15.5 Å². The summed E-state index contributed by atoms with van der Waals surface area (Å²) in [6.45, 7) is 1.56. The number of hydrogen-bond acceptors (Lipinski definition) is 4. The van der Waals surface area contributed by atoms with E-state index in [1.165, 1.54) is 30.3 Å². The molecule has 0 aliphatic heterocycles. The third-order valence-corrected chi connectivity index (χ3v) is 5.34. The molecule has 0 atom stereocenters. The van der Waals surface area contributed by atoms with Crippen LogP contribution in [-0.4, -0.2) is 27.5 Å². The van der Waals surface area contributed by atoms with Crippen LogP contribution in [0.25, 0.3) is 0 Å². The molecule has 2 aromatic rings. The monoisotopic (exact) mass is 450 g/mol. The third kappa shape index (κ3) is 6.62. The molecule has 2 rings (SSSR count). The van der Waals surface area contributed by atoms with Crippen molar-refractivity contribution in [2.45, 2.75) is 24.4 Å². The molecule has 158 valence electrons. The molecule has 29 heavy (non-hydrogen) atoms. The van der Waals surface area contributed by atoms with Gasteiger partial charge in [0.15, 0.2) is 6.61 Å². The quantitative estimate of drug-likeness (QED) is 0.635. The first-order valence-corrected chi connectivity index (χ1v) is 10.3. The Morgan fingerprint density at radius 2 is 1.90 bits per heavy atom. The molecule has 0 spiro atoms. The Kier molecular flexibility index (Phi) is 7.50. The van der Waals surface area contributed by atoms with Crippen LogP contribution >= 0.6 is 11.6 Å². The van der Waals surface area contributed by atoms with Gasteiger partial charge in [0.25, 0.3) is 5.91 Å². The van der Waals surface area contributed by atoms with Crippen LogP contribution in [0.1, 0.15) is 18.9 Å². The summed E-state index contributed by atoms with van der Waals surface area (Å²) in [4.78, 5) is 11.9. The maximum atomic E-state index is 12.7. The molecule has 2 N–H and O–H groups in total. The Balaban J connectivity index is 2.00. The van der Waals surface area contributed by atoms with Crippen LogP contribution in [0.5, 0.6) is 5.75 Å². The third-order valence-electron chi connectivity index (χ3n) is 3.59. The number of benzene rings is 2. The van der Waals surface area contributed by atoms with Crippen LogP contribution in [0.4, 0.5) is 18.9 Å². The van der Waals surface area contributed by atoms with Crippen LogP contribution < -0.4 is 14.8 Å². The van der Waals surface area contributed by atoms with Crippen molar-refractivity contribution in [2.24, 2.45) is 0 Å². The summed E-state index contributed by atoms with van der Waals surface area (Å²) in [7, 11) is -3.71. The van der Waals surface area contributed by atoms with Gasteiger partial charge >= 0.3 is 6.18 Å². The molecule has 0 aliphatic rings. The summed E-state index contributed by atoms with van der Waals surface area (Å²) >= 11 is 6.01. The van der Waals surface area contributed by atoms with Crippen molar-refractivity contribution < 1.29 is 31.1 Å². The number of hydrogen-bond donors (Lipinski definition) is 2. The Morgan fingerprint density at radius 1 is 1.17 bits per heavy atom. The minimum absolute atomic E-state index is 0.0313. The highest BCUT2D eigenvalue weighted by molar-refractivity contribution is 7.89. The fourth-order valence-corrected chi connectivity index (χ4v) is 3.66. The second-order valence-corrected chi connectivity index (χ2v) is 8.08. The van der Waals surface area contributed by atoms with Gasteiger partial charge in [-0.25, -0.2) is 13.1 Å². The second-order valence-electron chi connectivity index (χ2n) is 5.91. The van der Waals surface area contributed by atoms with Gasteiger partial charge in [0.2, 0.25) is 10.0 Å². The molecule has 0 radical (unpaired) electrons. The summed E-state index contributed by atoms with van der Waals surface area (Å²) in [6.07, 6.45) is -3.91. The van der Waals surface area contributed by atoms with Crippen LogP contribution in [0.2, 0.25) is 5.02 Å². The van der Waals surface area contributed by atoms with Gasteiger partial charge in [0, 0.05) is 12.2 Å². The highest BCUT2D eigenvalue weighted by Gasteiger charge is 2.30. The van der Waals surface area contributed by atoms with Crippen molar-refractivity contribution in [1.82, 2.24) is 4.72 Å². The molecular formula is C18H18ClF3N2O4S. The number of ether oxygens (including phenoxy) is 1. The standard InChI is InChI=1S/C18H18ClF3N2O4S/c1-2-8-23-29(26,27)14-6-7-16(15(19)10-14)28-11-17(25)24-13-5-3-4-12(9-13)18(20,21)22/h3-7,9-10,23H,2,8,11H2,1H3,(H,24,25). The summed E-state index contributed by atoms with van der Waals surface area (Å²) in [5, 5.41) is 2.26. The van der Waals surface area contributed by atoms with Gasteiger partial charge in [-0.3, -0.25) is 4.79 Å². The minimum atomic E-state index is -4.53. The molecule has 0 heterocycles. The van der Waals surface area contributed by atoms with Crippen molar-refractivity contribution in [3.05, 3.63) is 53.1 Å². The Hall–Kier alpha value is -2.30. The first kappa shape index (κ1) is 23.0. The lowest BCUT2D eigenvalue weighted by Gasteiger charge is -2.12. The fourth-order valence-electron chi connectivity index (χ4n) is 2.20. The number of anilines is 1. The zero-order chi connectivity index (χ0) is 21.7. The van der Waals surface area contributed by atoms with Crippen molar-refractivity contribution in [2.75, 3.05) is 18.5 Å². The lowest BCUT2D eigenvalue weighted by atomic mass is 10.2. The minimum Gasteiger partial charge on any atom is -0.482 e. The SMILES string of the molecule is CCCNS(=O)(=O)c1ccc(OCC(=O)Nc2cccc(C(F)(F)F)c2)c(Cl)c1. The number of carbonyl (C=O) groups excluding carboxylic acids is 1. The van der Waals surface area contributed by atoms with E-state index in [-0.39, 0.29) is 27.9 Å². The number of sulfonamides is 1. The van der Waals surface area contributed by atoms with Gasteiger partial charge in [-0.2, -0.15) is 13.2 Å². The normalized spacial score (nSPS) is 11.9. The zero-order valence-corrected chi connectivity index (χ0v) is 16.8. The van der Waals surface area contributed by atoms with E-state index in [0.717, 1.165) is 12.1 Å². The molecule has 0 aliphatic carbocycles. The van der Waals surface area contributed by atoms with E-state index < -0.39 is 34.3 Å². The Bertz CT molecular complexity index is 981. The number of carbonyl (C=O) groups is 1. The number of amides is 1. The Labute approximate surface area is 171 Å². The first-order valence-electron chi connectivity index (χ1n) is 8.42. The predicted molar refractivity (Wildman–Crippen MR) is 103 cm³/mol. The van der Waals surface area contributed by atoms with Crippen LogP contribution in [0.3, 0.4) is 0 Å². The molecule has 0 saturated heterocycles. The van der Waals surface area contributed by atoms with E-state index >= 15 is 0 Å². The predicted octanol–water partition coefficient (Wildman–Crippen LogP) is 4.06. The van der Waals surface area contributed by atoms with Crippen LogP contribution in [0.15, 0.2) is 47.4 Å². The van der Waals surface area contributed by atoms with Crippen molar-refractivity contribution in [1.29, 1.82) is 0 Å². The number of rotatable bonds is 8. The molecule has 0 aromatic heterocycles. The summed E-state index contributed by atoms with van der Waals surface area (Å²) in [5.41, 5.74) is -0.935. The van der Waals surface area contributed by atoms with E-state index in [0.29, 0.717) is 6.42 Å². The zero-order valence-electron chi connectivity index (χ0n) is 15.2. The van der Waals surface area contributed by atoms with Crippen LogP contribution in [0, 0.1) is 0 Å². The van der Waals surface area contributed by atoms with E-state index in [2.05, 4.69) is 10.0 Å². The van der Waals surface area contributed by atoms with Gasteiger partial charge in [0.1, 0.15) is 5.75 Å². The molecule has 0 unspecified atom stereocenters. The lowest BCUT2D eigenvalue weighted by Crippen LogP contribution is -2.24. The number of nitrogens with one attached hydrogen (secondary N) is 2. The lowest BCUT2D eigenvalue weighted by molar-refractivity contribution is -0.137. The summed E-state index contributed by atoms with van der Waals surface area (Å²) in [6, 6.07) is 7.90. The van der Waals surface area contributed by atoms with E-state index in [9.17, 15) is 26.4 Å². The highest BCUT2D eigenvalue weighted by atomic mass is 35.5. The van der Waals surface area contributed by atoms with Crippen molar-refractivity contribution >= 4 is 33.2 Å². The maximum absolute atomic E-state index is 12.7. The molecule has 2 aromatic carbocycles. The van der Waals surface area contributed by atoms with Crippen LogP contribution in [-0.2, 0) is 21.0 Å². The Morgan fingerprint density at radius 3 is 2.52 bits per heavy atom.